The van der Waals surface area contributed by atoms with Gasteiger partial charge in [-0.15, -0.1) is 0 Å². The minimum atomic E-state index is -0.529. The van der Waals surface area contributed by atoms with Crippen LogP contribution >= 0.6 is 22.6 Å². The Hall–Kier alpha value is -1.20. The van der Waals surface area contributed by atoms with E-state index in [1.54, 1.807) is 6.07 Å². The number of nitriles is 1. The molecule has 6 heteroatoms. The Bertz CT molecular complexity index is 425. The molecule has 0 unspecified atom stereocenters. The second-order valence-electron chi connectivity index (χ2n) is 2.53. The second-order valence-corrected chi connectivity index (χ2v) is 3.70. The Balaban J connectivity index is 3.42. The molecule has 0 aliphatic rings. The summed E-state index contributed by atoms with van der Waals surface area (Å²) in [6, 6.07) is 4.71. The van der Waals surface area contributed by atoms with E-state index in [0.29, 0.717) is 14.7 Å². The number of nitro benzene ring substituents is 1. The quantitative estimate of drug-likeness (QED) is 0.509. The lowest BCUT2D eigenvalue weighted by atomic mass is 10.1. The predicted molar refractivity (Wildman–Crippen MR) is 58.4 cm³/mol. The van der Waals surface area contributed by atoms with Crippen molar-refractivity contribution in [2.24, 2.45) is 5.73 Å². The molecule has 0 aliphatic heterocycles. The van der Waals surface area contributed by atoms with Gasteiger partial charge in [-0.2, -0.15) is 5.26 Å². The van der Waals surface area contributed by atoms with Crippen LogP contribution in [0.2, 0.25) is 0 Å². The molecule has 0 saturated heterocycles. The smallest absolute Gasteiger partial charge is 0.275 e. The molecule has 1 aromatic carbocycles. The van der Waals surface area contributed by atoms with Gasteiger partial charge in [0, 0.05) is 21.7 Å². The molecule has 14 heavy (non-hydrogen) atoms. The van der Waals surface area contributed by atoms with Gasteiger partial charge in [-0.1, -0.05) is 0 Å². The van der Waals surface area contributed by atoms with E-state index in [9.17, 15) is 10.1 Å². The third kappa shape index (κ3) is 2.00. The van der Waals surface area contributed by atoms with Gasteiger partial charge in [-0.25, -0.2) is 0 Å². The molecule has 0 aliphatic carbocycles. The standard InChI is InChI=1S/C8H6IN3O2/c9-7-1-6(4-11)8(12(13)14)2-5(7)3-10/h1-2H,4,11H2. The topological polar surface area (TPSA) is 92.9 Å². The van der Waals surface area contributed by atoms with Crippen molar-refractivity contribution < 1.29 is 4.92 Å². The van der Waals surface area contributed by atoms with Crippen LogP contribution in [0, 0.1) is 25.0 Å². The number of halogens is 1. The van der Waals surface area contributed by atoms with Crippen molar-refractivity contribution in [2.75, 3.05) is 0 Å². The minimum absolute atomic E-state index is 0.0931. The number of nitro groups is 1. The highest BCUT2D eigenvalue weighted by molar-refractivity contribution is 14.1. The number of nitrogens with two attached hydrogens (primary N) is 1. The molecule has 0 fully saturated rings. The maximum atomic E-state index is 10.6. The zero-order chi connectivity index (χ0) is 10.7. The summed E-state index contributed by atoms with van der Waals surface area (Å²) in [6.07, 6.45) is 0. The second kappa shape index (κ2) is 4.34. The van der Waals surface area contributed by atoms with Crippen molar-refractivity contribution in [1.82, 2.24) is 0 Å². The molecule has 0 radical (unpaired) electrons. The molecule has 0 atom stereocenters. The van der Waals surface area contributed by atoms with E-state index in [4.69, 9.17) is 11.0 Å². The first-order valence-electron chi connectivity index (χ1n) is 3.67. The summed E-state index contributed by atoms with van der Waals surface area (Å²) >= 11 is 1.95. The van der Waals surface area contributed by atoms with Gasteiger partial charge in [-0.3, -0.25) is 10.1 Å². The highest BCUT2D eigenvalue weighted by Gasteiger charge is 2.15. The summed E-state index contributed by atoms with van der Waals surface area (Å²) in [7, 11) is 0. The van der Waals surface area contributed by atoms with Crippen LogP contribution in [0.1, 0.15) is 11.1 Å². The number of hydrogen-bond donors (Lipinski definition) is 1. The minimum Gasteiger partial charge on any atom is -0.326 e. The molecule has 0 amide bonds. The van der Waals surface area contributed by atoms with Gasteiger partial charge in [-0.05, 0) is 28.7 Å². The summed E-state index contributed by atoms with van der Waals surface area (Å²) in [5.74, 6) is 0. The molecule has 0 bridgehead atoms. The van der Waals surface area contributed by atoms with Crippen LogP contribution in [0.4, 0.5) is 5.69 Å². The molecular weight excluding hydrogens is 297 g/mol. The van der Waals surface area contributed by atoms with E-state index >= 15 is 0 Å². The number of nitrogens with zero attached hydrogens (tertiary/aromatic N) is 2. The van der Waals surface area contributed by atoms with Crippen molar-refractivity contribution in [1.29, 1.82) is 5.26 Å². The van der Waals surface area contributed by atoms with Crippen LogP contribution in [0.5, 0.6) is 0 Å². The lowest BCUT2D eigenvalue weighted by Gasteiger charge is -2.01. The van der Waals surface area contributed by atoms with Gasteiger partial charge in [0.2, 0.25) is 0 Å². The first-order chi connectivity index (χ1) is 6.60. The Morgan fingerprint density at radius 3 is 2.71 bits per heavy atom. The van der Waals surface area contributed by atoms with E-state index in [2.05, 4.69) is 0 Å². The highest BCUT2D eigenvalue weighted by Crippen LogP contribution is 2.24. The predicted octanol–water partition coefficient (Wildman–Crippen LogP) is 1.53. The molecule has 0 spiro atoms. The lowest BCUT2D eigenvalue weighted by molar-refractivity contribution is -0.385. The van der Waals surface area contributed by atoms with E-state index in [-0.39, 0.29) is 12.2 Å². The zero-order valence-corrected chi connectivity index (χ0v) is 9.19. The third-order valence-corrected chi connectivity index (χ3v) is 2.60. The maximum Gasteiger partial charge on any atom is 0.275 e. The molecule has 0 heterocycles. The third-order valence-electron chi connectivity index (χ3n) is 1.71. The molecule has 5 nitrogen and oxygen atoms in total. The summed E-state index contributed by atoms with van der Waals surface area (Å²) in [4.78, 5) is 10.1. The number of benzene rings is 1. The monoisotopic (exact) mass is 303 g/mol. The van der Waals surface area contributed by atoms with Gasteiger partial charge >= 0.3 is 0 Å². The van der Waals surface area contributed by atoms with Crippen molar-refractivity contribution in [3.05, 3.63) is 36.9 Å². The summed E-state index contributed by atoms with van der Waals surface area (Å²) in [5, 5.41) is 19.3. The van der Waals surface area contributed by atoms with Crippen LogP contribution in [0.3, 0.4) is 0 Å². The fourth-order valence-electron chi connectivity index (χ4n) is 1.02. The van der Waals surface area contributed by atoms with Crippen molar-refractivity contribution >= 4 is 28.3 Å². The molecule has 72 valence electrons. The first kappa shape index (κ1) is 10.9. The SMILES string of the molecule is N#Cc1cc([N+](=O)[O-])c(CN)cc1I. The van der Waals surface area contributed by atoms with Crippen LogP contribution in [-0.4, -0.2) is 4.92 Å². The average molecular weight is 303 g/mol. The van der Waals surface area contributed by atoms with Gasteiger partial charge in [0.25, 0.3) is 5.69 Å². The van der Waals surface area contributed by atoms with Gasteiger partial charge in [0.1, 0.15) is 6.07 Å². The number of rotatable bonds is 2. The van der Waals surface area contributed by atoms with E-state index in [1.165, 1.54) is 6.07 Å². The largest absolute Gasteiger partial charge is 0.326 e. The molecule has 0 saturated carbocycles. The average Bonchev–Trinajstić information content (AvgIpc) is 2.16. The fourth-order valence-corrected chi connectivity index (χ4v) is 1.67. The van der Waals surface area contributed by atoms with Crippen molar-refractivity contribution in [2.45, 2.75) is 6.54 Å². The van der Waals surface area contributed by atoms with E-state index in [0.717, 1.165) is 0 Å². The van der Waals surface area contributed by atoms with Crippen molar-refractivity contribution in [3.63, 3.8) is 0 Å². The maximum absolute atomic E-state index is 10.6. The van der Waals surface area contributed by atoms with Gasteiger partial charge in [0.05, 0.1) is 10.5 Å². The summed E-state index contributed by atoms with van der Waals surface area (Å²) in [6.45, 7) is 0.0953. The highest BCUT2D eigenvalue weighted by atomic mass is 127. The molecular formula is C8H6IN3O2. The van der Waals surface area contributed by atoms with Crippen LogP contribution in [0.25, 0.3) is 0 Å². The van der Waals surface area contributed by atoms with Crippen LogP contribution in [0.15, 0.2) is 12.1 Å². The molecule has 2 N–H and O–H groups in total. The van der Waals surface area contributed by atoms with Crippen LogP contribution < -0.4 is 5.73 Å². The lowest BCUT2D eigenvalue weighted by Crippen LogP contribution is -2.03. The summed E-state index contributed by atoms with van der Waals surface area (Å²) in [5.41, 5.74) is 6.01. The Labute approximate surface area is 93.8 Å². The van der Waals surface area contributed by atoms with E-state index in [1.807, 2.05) is 28.7 Å². The van der Waals surface area contributed by atoms with E-state index < -0.39 is 4.92 Å². The number of hydrogen-bond acceptors (Lipinski definition) is 4. The Morgan fingerprint density at radius 2 is 2.29 bits per heavy atom. The Morgan fingerprint density at radius 1 is 1.64 bits per heavy atom. The molecule has 1 aromatic rings. The van der Waals surface area contributed by atoms with Gasteiger partial charge in [0.15, 0.2) is 0 Å². The molecule has 0 aromatic heterocycles. The van der Waals surface area contributed by atoms with Crippen molar-refractivity contribution in [3.8, 4) is 6.07 Å². The van der Waals surface area contributed by atoms with Gasteiger partial charge < -0.3 is 5.73 Å². The first-order valence-corrected chi connectivity index (χ1v) is 4.75. The van der Waals surface area contributed by atoms with Crippen LogP contribution in [-0.2, 0) is 6.54 Å². The summed E-state index contributed by atoms with van der Waals surface area (Å²) < 4.78 is 0.677. The normalized spacial score (nSPS) is 9.50. The molecule has 1 rings (SSSR count). The Kier molecular flexibility index (Phi) is 3.38. The fraction of sp³-hybridized carbons (Fsp3) is 0.125. The zero-order valence-electron chi connectivity index (χ0n) is 7.03.